The van der Waals surface area contributed by atoms with Gasteiger partial charge in [0.25, 0.3) is 0 Å². The summed E-state index contributed by atoms with van der Waals surface area (Å²) in [4.78, 5) is 8.78. The van der Waals surface area contributed by atoms with E-state index >= 15 is 0 Å². The van der Waals surface area contributed by atoms with Crippen LogP contribution in [0.2, 0.25) is 15.2 Å². The van der Waals surface area contributed by atoms with Crippen LogP contribution in [0.3, 0.4) is 0 Å². The van der Waals surface area contributed by atoms with E-state index in [-0.39, 0.29) is 0 Å². The van der Waals surface area contributed by atoms with Crippen LogP contribution in [0.4, 0.5) is 0 Å². The second kappa shape index (κ2) is 5.49. The Hall–Kier alpha value is -0.870. The number of rotatable bonds is 1. The maximum atomic E-state index is 6.21. The van der Waals surface area contributed by atoms with Crippen molar-refractivity contribution < 1.29 is 0 Å². The number of benzene rings is 2. The SMILES string of the molecule is Clc1ccc(Br)cc1-c1nc(Cl)c2cccc(Cl)c2n1. The van der Waals surface area contributed by atoms with Gasteiger partial charge in [-0.05, 0) is 30.3 Å². The lowest BCUT2D eigenvalue weighted by atomic mass is 10.2. The van der Waals surface area contributed by atoms with Crippen molar-refractivity contribution in [3.05, 3.63) is 56.1 Å². The van der Waals surface area contributed by atoms with Crippen LogP contribution in [0.5, 0.6) is 0 Å². The van der Waals surface area contributed by atoms with E-state index in [1.807, 2.05) is 24.3 Å². The summed E-state index contributed by atoms with van der Waals surface area (Å²) >= 11 is 22.0. The average Bonchev–Trinajstić information content (AvgIpc) is 2.42. The number of fused-ring (bicyclic) bond motifs is 1. The van der Waals surface area contributed by atoms with Crippen molar-refractivity contribution in [2.75, 3.05) is 0 Å². The Bertz CT molecular complexity index is 821. The Balaban J connectivity index is 2.32. The predicted octanol–water partition coefficient (Wildman–Crippen LogP) is 6.02. The first-order chi connectivity index (χ1) is 9.56. The van der Waals surface area contributed by atoms with Crippen LogP contribution in [0.25, 0.3) is 22.3 Å². The normalized spacial score (nSPS) is 11.0. The molecule has 20 heavy (non-hydrogen) atoms. The first kappa shape index (κ1) is 14.1. The van der Waals surface area contributed by atoms with Gasteiger partial charge in [0.2, 0.25) is 0 Å². The summed E-state index contributed by atoms with van der Waals surface area (Å²) in [5, 5.41) is 2.15. The van der Waals surface area contributed by atoms with Crippen LogP contribution in [0, 0.1) is 0 Å². The maximum absolute atomic E-state index is 6.21. The molecule has 0 N–H and O–H groups in total. The Morgan fingerprint density at radius 1 is 0.900 bits per heavy atom. The molecule has 0 aliphatic rings. The second-order valence-electron chi connectivity index (χ2n) is 4.10. The molecule has 0 fully saturated rings. The zero-order valence-corrected chi connectivity index (χ0v) is 13.7. The highest BCUT2D eigenvalue weighted by atomic mass is 79.9. The molecule has 0 aliphatic carbocycles. The summed E-state index contributed by atoms with van der Waals surface area (Å²) in [7, 11) is 0. The third-order valence-corrected chi connectivity index (χ3v) is 4.22. The highest BCUT2D eigenvalue weighted by Crippen LogP contribution is 2.33. The van der Waals surface area contributed by atoms with Crippen LogP contribution < -0.4 is 0 Å². The fourth-order valence-corrected chi connectivity index (χ4v) is 2.88. The van der Waals surface area contributed by atoms with E-state index in [2.05, 4.69) is 25.9 Å². The van der Waals surface area contributed by atoms with Gasteiger partial charge in [0.05, 0.1) is 15.6 Å². The molecule has 0 aliphatic heterocycles. The first-order valence-electron chi connectivity index (χ1n) is 5.63. The number of hydrogen-bond acceptors (Lipinski definition) is 2. The smallest absolute Gasteiger partial charge is 0.163 e. The van der Waals surface area contributed by atoms with Gasteiger partial charge in [-0.25, -0.2) is 9.97 Å². The van der Waals surface area contributed by atoms with Gasteiger partial charge in [-0.15, -0.1) is 0 Å². The molecule has 0 saturated carbocycles. The number of aromatic nitrogens is 2. The minimum Gasteiger partial charge on any atom is -0.226 e. The van der Waals surface area contributed by atoms with Crippen molar-refractivity contribution in [1.82, 2.24) is 9.97 Å². The summed E-state index contributed by atoms with van der Waals surface area (Å²) in [6, 6.07) is 10.9. The summed E-state index contributed by atoms with van der Waals surface area (Å²) in [5.74, 6) is 0.446. The van der Waals surface area contributed by atoms with E-state index < -0.39 is 0 Å². The summed E-state index contributed by atoms with van der Waals surface area (Å²) in [5.41, 5.74) is 1.31. The average molecular weight is 388 g/mol. The van der Waals surface area contributed by atoms with Crippen molar-refractivity contribution in [3.63, 3.8) is 0 Å². The molecule has 0 saturated heterocycles. The van der Waals surface area contributed by atoms with Crippen molar-refractivity contribution in [3.8, 4) is 11.4 Å². The topological polar surface area (TPSA) is 25.8 Å². The van der Waals surface area contributed by atoms with Crippen molar-refractivity contribution >= 4 is 61.6 Å². The monoisotopic (exact) mass is 386 g/mol. The van der Waals surface area contributed by atoms with E-state index in [9.17, 15) is 0 Å². The van der Waals surface area contributed by atoms with Gasteiger partial charge < -0.3 is 0 Å². The van der Waals surface area contributed by atoms with E-state index in [1.165, 1.54) is 0 Å². The Kier molecular flexibility index (Phi) is 3.87. The molecule has 2 nitrogen and oxygen atoms in total. The molecule has 3 rings (SSSR count). The number of nitrogens with zero attached hydrogens (tertiary/aromatic N) is 2. The summed E-state index contributed by atoms with van der Waals surface area (Å²) in [6.45, 7) is 0. The minimum absolute atomic E-state index is 0.351. The van der Waals surface area contributed by atoms with Gasteiger partial charge in [-0.3, -0.25) is 0 Å². The highest BCUT2D eigenvalue weighted by Gasteiger charge is 2.12. The van der Waals surface area contributed by atoms with Gasteiger partial charge in [-0.1, -0.05) is 56.8 Å². The molecule has 1 aromatic heterocycles. The molecule has 1 heterocycles. The van der Waals surface area contributed by atoms with E-state index in [0.717, 1.165) is 4.47 Å². The third-order valence-electron chi connectivity index (χ3n) is 2.80. The molecule has 0 unspecified atom stereocenters. The fourth-order valence-electron chi connectivity index (χ4n) is 1.87. The molecule has 0 bridgehead atoms. The molecule has 100 valence electrons. The van der Waals surface area contributed by atoms with Gasteiger partial charge in [0.1, 0.15) is 5.15 Å². The van der Waals surface area contributed by atoms with Gasteiger partial charge >= 0.3 is 0 Å². The Labute approximate surface area is 138 Å². The number of hydrogen-bond donors (Lipinski definition) is 0. The molecule has 3 aromatic rings. The molecule has 0 spiro atoms. The molecule has 0 atom stereocenters. The molecular weight excluding hydrogens is 382 g/mol. The van der Waals surface area contributed by atoms with Crippen LogP contribution >= 0.6 is 50.7 Å². The van der Waals surface area contributed by atoms with E-state index in [1.54, 1.807) is 12.1 Å². The first-order valence-corrected chi connectivity index (χ1v) is 7.56. The minimum atomic E-state index is 0.351. The van der Waals surface area contributed by atoms with Crippen LogP contribution in [-0.2, 0) is 0 Å². The Morgan fingerprint density at radius 2 is 1.70 bits per heavy atom. The molecule has 0 amide bonds. The summed E-state index contributed by atoms with van der Waals surface area (Å²) in [6.07, 6.45) is 0. The molecule has 6 heteroatoms. The van der Waals surface area contributed by atoms with E-state index in [0.29, 0.717) is 37.5 Å². The zero-order valence-electron chi connectivity index (χ0n) is 9.87. The van der Waals surface area contributed by atoms with Gasteiger partial charge in [0, 0.05) is 15.4 Å². The van der Waals surface area contributed by atoms with Crippen molar-refractivity contribution in [2.24, 2.45) is 0 Å². The lowest BCUT2D eigenvalue weighted by Gasteiger charge is -2.07. The standard InChI is InChI=1S/C14H6BrCl3N2/c15-7-4-5-10(16)9(6-7)14-19-12-8(13(18)20-14)2-1-3-11(12)17/h1-6H. The van der Waals surface area contributed by atoms with Crippen LogP contribution in [0.15, 0.2) is 40.9 Å². The molecule has 2 aromatic carbocycles. The highest BCUT2D eigenvalue weighted by molar-refractivity contribution is 9.10. The van der Waals surface area contributed by atoms with Crippen molar-refractivity contribution in [2.45, 2.75) is 0 Å². The predicted molar refractivity (Wildman–Crippen MR) is 87.7 cm³/mol. The molecule has 0 radical (unpaired) electrons. The largest absolute Gasteiger partial charge is 0.226 e. The van der Waals surface area contributed by atoms with Gasteiger partial charge in [0.15, 0.2) is 5.82 Å². The second-order valence-corrected chi connectivity index (χ2v) is 6.19. The van der Waals surface area contributed by atoms with Crippen molar-refractivity contribution in [1.29, 1.82) is 0 Å². The lowest BCUT2D eigenvalue weighted by Crippen LogP contribution is -1.93. The summed E-state index contributed by atoms with van der Waals surface area (Å²) < 4.78 is 0.885. The number of para-hydroxylation sites is 1. The fraction of sp³-hybridized carbons (Fsp3) is 0. The van der Waals surface area contributed by atoms with Crippen LogP contribution in [0.1, 0.15) is 0 Å². The van der Waals surface area contributed by atoms with Gasteiger partial charge in [-0.2, -0.15) is 0 Å². The van der Waals surface area contributed by atoms with E-state index in [4.69, 9.17) is 34.8 Å². The molecular formula is C14H6BrCl3N2. The van der Waals surface area contributed by atoms with Crippen LogP contribution in [-0.4, -0.2) is 9.97 Å². The number of halogens is 4. The maximum Gasteiger partial charge on any atom is 0.163 e. The quantitative estimate of drug-likeness (QED) is 0.477. The Morgan fingerprint density at radius 3 is 2.50 bits per heavy atom. The third kappa shape index (κ3) is 2.51. The zero-order chi connectivity index (χ0) is 14.3. The lowest BCUT2D eigenvalue weighted by molar-refractivity contribution is 1.23.